The van der Waals surface area contributed by atoms with Gasteiger partial charge in [-0.05, 0) is 36.1 Å². The van der Waals surface area contributed by atoms with Crippen molar-refractivity contribution in [2.45, 2.75) is 19.3 Å². The van der Waals surface area contributed by atoms with E-state index in [0.29, 0.717) is 13.0 Å². The summed E-state index contributed by atoms with van der Waals surface area (Å²) in [4.78, 5) is 14.3. The van der Waals surface area contributed by atoms with Crippen molar-refractivity contribution in [2.75, 3.05) is 37.7 Å². The second kappa shape index (κ2) is 9.23. The number of morpholine rings is 1. The highest BCUT2D eigenvalue weighted by Crippen LogP contribution is 2.16. The molecule has 0 unspecified atom stereocenters. The second-order valence-electron chi connectivity index (χ2n) is 6.35. The van der Waals surface area contributed by atoms with Crippen molar-refractivity contribution in [3.05, 3.63) is 65.7 Å². The molecule has 25 heavy (non-hydrogen) atoms. The molecule has 1 aliphatic heterocycles. The highest BCUT2D eigenvalue weighted by Gasteiger charge is 2.10. The van der Waals surface area contributed by atoms with Crippen LogP contribution in [0.4, 0.5) is 5.69 Å². The van der Waals surface area contributed by atoms with E-state index in [2.05, 4.69) is 46.6 Å². The summed E-state index contributed by atoms with van der Waals surface area (Å²) in [6, 6.07) is 18.8. The average Bonchev–Trinajstić information content (AvgIpc) is 2.68. The zero-order valence-electron chi connectivity index (χ0n) is 14.6. The summed E-state index contributed by atoms with van der Waals surface area (Å²) >= 11 is 0. The first-order valence-corrected chi connectivity index (χ1v) is 9.03. The summed E-state index contributed by atoms with van der Waals surface area (Å²) in [6.07, 6.45) is 2.20. The van der Waals surface area contributed by atoms with Gasteiger partial charge in [-0.15, -0.1) is 0 Å². The van der Waals surface area contributed by atoms with E-state index >= 15 is 0 Å². The Morgan fingerprint density at radius 3 is 2.32 bits per heavy atom. The lowest BCUT2D eigenvalue weighted by Crippen LogP contribution is -2.36. The molecule has 1 aliphatic rings. The summed E-state index contributed by atoms with van der Waals surface area (Å²) in [7, 11) is 0. The smallest absolute Gasteiger partial charge is 0.220 e. The molecule has 0 saturated carbocycles. The van der Waals surface area contributed by atoms with Crippen LogP contribution in [0.3, 0.4) is 0 Å². The number of carbonyl (C=O) groups is 1. The average molecular weight is 338 g/mol. The van der Waals surface area contributed by atoms with Crippen LogP contribution in [-0.4, -0.2) is 38.8 Å². The molecular formula is C21H26N2O2. The molecule has 1 fully saturated rings. The molecule has 1 N–H and O–H groups in total. The fraction of sp³-hybridized carbons (Fsp3) is 0.381. The Balaban J connectivity index is 1.37. The van der Waals surface area contributed by atoms with Gasteiger partial charge in [-0.1, -0.05) is 42.5 Å². The molecule has 2 aromatic rings. The largest absolute Gasteiger partial charge is 0.378 e. The number of carbonyl (C=O) groups excluding carboxylic acids is 1. The van der Waals surface area contributed by atoms with E-state index in [-0.39, 0.29) is 5.91 Å². The van der Waals surface area contributed by atoms with Crippen molar-refractivity contribution in [2.24, 2.45) is 0 Å². The number of aryl methyl sites for hydroxylation is 1. The Morgan fingerprint density at radius 2 is 1.60 bits per heavy atom. The predicted octanol–water partition coefficient (Wildman–Crippen LogP) is 2.81. The van der Waals surface area contributed by atoms with Gasteiger partial charge < -0.3 is 15.0 Å². The van der Waals surface area contributed by atoms with E-state index in [1.165, 1.54) is 16.8 Å². The molecule has 0 aromatic heterocycles. The van der Waals surface area contributed by atoms with Crippen LogP contribution in [0, 0.1) is 0 Å². The molecule has 1 saturated heterocycles. The number of benzene rings is 2. The van der Waals surface area contributed by atoms with Gasteiger partial charge in [0.1, 0.15) is 0 Å². The number of nitrogens with zero attached hydrogens (tertiary/aromatic N) is 1. The zero-order valence-corrected chi connectivity index (χ0v) is 14.6. The fourth-order valence-corrected chi connectivity index (χ4v) is 3.03. The Bertz CT molecular complexity index is 649. The van der Waals surface area contributed by atoms with Crippen LogP contribution in [0.2, 0.25) is 0 Å². The van der Waals surface area contributed by atoms with E-state index in [9.17, 15) is 4.79 Å². The van der Waals surface area contributed by atoms with Crippen LogP contribution in [0.25, 0.3) is 0 Å². The first kappa shape index (κ1) is 17.5. The van der Waals surface area contributed by atoms with Crippen LogP contribution in [-0.2, 0) is 22.4 Å². The molecule has 3 rings (SSSR count). The number of nitrogens with one attached hydrogen (secondary N) is 1. The minimum absolute atomic E-state index is 0.119. The Morgan fingerprint density at radius 1 is 0.920 bits per heavy atom. The standard InChI is InChI=1S/C21H26N2O2/c24-21(11-8-18-4-2-1-3-5-18)22-13-12-19-6-9-20(10-7-19)23-14-16-25-17-15-23/h1-7,9-10H,8,11-17H2,(H,22,24). The summed E-state index contributed by atoms with van der Waals surface area (Å²) in [5.41, 5.74) is 3.70. The fourth-order valence-electron chi connectivity index (χ4n) is 3.03. The summed E-state index contributed by atoms with van der Waals surface area (Å²) < 4.78 is 5.39. The van der Waals surface area contributed by atoms with Crippen LogP contribution >= 0.6 is 0 Å². The van der Waals surface area contributed by atoms with Gasteiger partial charge in [-0.25, -0.2) is 0 Å². The maximum atomic E-state index is 11.9. The molecular weight excluding hydrogens is 312 g/mol. The number of hydrogen-bond donors (Lipinski definition) is 1. The molecule has 132 valence electrons. The Hall–Kier alpha value is -2.33. The SMILES string of the molecule is O=C(CCc1ccccc1)NCCc1ccc(N2CCOCC2)cc1. The molecule has 1 heterocycles. The molecule has 4 heteroatoms. The summed E-state index contributed by atoms with van der Waals surface area (Å²) in [5, 5.41) is 3.01. The quantitative estimate of drug-likeness (QED) is 0.844. The maximum Gasteiger partial charge on any atom is 0.220 e. The lowest BCUT2D eigenvalue weighted by molar-refractivity contribution is -0.121. The third-order valence-corrected chi connectivity index (χ3v) is 4.53. The van der Waals surface area contributed by atoms with Crippen molar-refractivity contribution in [3.8, 4) is 0 Å². The van der Waals surface area contributed by atoms with Crippen molar-refractivity contribution >= 4 is 11.6 Å². The first-order valence-electron chi connectivity index (χ1n) is 9.03. The minimum atomic E-state index is 0.119. The first-order chi connectivity index (χ1) is 12.3. The van der Waals surface area contributed by atoms with Crippen LogP contribution in [0.1, 0.15) is 17.5 Å². The molecule has 0 radical (unpaired) electrons. The van der Waals surface area contributed by atoms with E-state index in [1.807, 2.05) is 18.2 Å². The summed E-state index contributed by atoms with van der Waals surface area (Å²) in [6.45, 7) is 4.20. The molecule has 0 aliphatic carbocycles. The third-order valence-electron chi connectivity index (χ3n) is 4.53. The van der Waals surface area contributed by atoms with Gasteiger partial charge in [0, 0.05) is 31.7 Å². The molecule has 0 spiro atoms. The Kier molecular flexibility index (Phi) is 6.46. The van der Waals surface area contributed by atoms with Gasteiger partial charge in [0.2, 0.25) is 5.91 Å². The normalized spacial score (nSPS) is 14.3. The molecule has 0 atom stereocenters. The monoisotopic (exact) mass is 338 g/mol. The second-order valence-corrected chi connectivity index (χ2v) is 6.35. The van der Waals surface area contributed by atoms with Crippen LogP contribution < -0.4 is 10.2 Å². The minimum Gasteiger partial charge on any atom is -0.378 e. The number of amides is 1. The zero-order chi connectivity index (χ0) is 17.3. The molecule has 2 aromatic carbocycles. The van der Waals surface area contributed by atoms with Gasteiger partial charge in [0.15, 0.2) is 0 Å². The van der Waals surface area contributed by atoms with Gasteiger partial charge >= 0.3 is 0 Å². The maximum absolute atomic E-state index is 11.9. The summed E-state index contributed by atoms with van der Waals surface area (Å²) in [5.74, 6) is 0.119. The van der Waals surface area contributed by atoms with Gasteiger partial charge in [-0.3, -0.25) is 4.79 Å². The molecule has 1 amide bonds. The van der Waals surface area contributed by atoms with E-state index < -0.39 is 0 Å². The molecule has 4 nitrogen and oxygen atoms in total. The number of anilines is 1. The number of hydrogen-bond acceptors (Lipinski definition) is 3. The number of ether oxygens (including phenoxy) is 1. The van der Waals surface area contributed by atoms with E-state index in [4.69, 9.17) is 4.74 Å². The van der Waals surface area contributed by atoms with Crippen molar-refractivity contribution < 1.29 is 9.53 Å². The van der Waals surface area contributed by atoms with Crippen LogP contribution in [0.15, 0.2) is 54.6 Å². The lowest BCUT2D eigenvalue weighted by atomic mass is 10.1. The molecule has 0 bridgehead atoms. The third kappa shape index (κ3) is 5.61. The van der Waals surface area contributed by atoms with Gasteiger partial charge in [-0.2, -0.15) is 0 Å². The van der Waals surface area contributed by atoms with E-state index in [1.54, 1.807) is 0 Å². The van der Waals surface area contributed by atoms with Gasteiger partial charge in [0.25, 0.3) is 0 Å². The van der Waals surface area contributed by atoms with Crippen LogP contribution in [0.5, 0.6) is 0 Å². The van der Waals surface area contributed by atoms with Crippen molar-refractivity contribution in [1.29, 1.82) is 0 Å². The Labute approximate surface area is 149 Å². The van der Waals surface area contributed by atoms with Gasteiger partial charge in [0.05, 0.1) is 13.2 Å². The lowest BCUT2D eigenvalue weighted by Gasteiger charge is -2.28. The van der Waals surface area contributed by atoms with Crippen molar-refractivity contribution in [3.63, 3.8) is 0 Å². The van der Waals surface area contributed by atoms with E-state index in [0.717, 1.165) is 39.1 Å². The van der Waals surface area contributed by atoms with Crippen molar-refractivity contribution in [1.82, 2.24) is 5.32 Å². The highest BCUT2D eigenvalue weighted by molar-refractivity contribution is 5.76. The highest BCUT2D eigenvalue weighted by atomic mass is 16.5. The predicted molar refractivity (Wildman–Crippen MR) is 101 cm³/mol. The topological polar surface area (TPSA) is 41.6 Å². The number of rotatable bonds is 7.